The van der Waals surface area contributed by atoms with Gasteiger partial charge in [0.2, 0.25) is 0 Å². The maximum Gasteiger partial charge on any atom is 0.270 e. The number of halogens is 1. The van der Waals surface area contributed by atoms with Crippen LogP contribution in [0.5, 0.6) is 0 Å². The van der Waals surface area contributed by atoms with E-state index in [2.05, 4.69) is 15.3 Å². The zero-order chi connectivity index (χ0) is 19.4. The molecule has 0 aliphatic rings. The summed E-state index contributed by atoms with van der Waals surface area (Å²) >= 11 is 5.91. The number of hydrogen-bond donors (Lipinski definition) is 2. The SMILES string of the molecule is Cc1cc(NC(CO)c2ccc(Cl)cc2)nc(-c2cccc([N+](=O)[O-])c2)n1. The second-order valence-electron chi connectivity index (χ2n) is 5.96. The zero-order valence-electron chi connectivity index (χ0n) is 14.5. The van der Waals surface area contributed by atoms with Gasteiger partial charge in [-0.05, 0) is 24.6 Å². The van der Waals surface area contributed by atoms with E-state index in [0.717, 1.165) is 5.56 Å². The van der Waals surface area contributed by atoms with E-state index in [1.54, 1.807) is 30.3 Å². The highest BCUT2D eigenvalue weighted by Gasteiger charge is 2.14. The van der Waals surface area contributed by atoms with Crippen molar-refractivity contribution in [1.82, 2.24) is 9.97 Å². The molecule has 8 heteroatoms. The number of non-ortho nitro benzene ring substituents is 1. The predicted molar refractivity (Wildman–Crippen MR) is 104 cm³/mol. The lowest BCUT2D eigenvalue weighted by atomic mass is 10.1. The molecular formula is C19H17ClN4O3. The molecule has 1 aromatic heterocycles. The minimum Gasteiger partial charge on any atom is -0.394 e. The van der Waals surface area contributed by atoms with Crippen molar-refractivity contribution < 1.29 is 10.0 Å². The first-order valence-corrected chi connectivity index (χ1v) is 8.57. The fourth-order valence-corrected chi connectivity index (χ4v) is 2.76. The molecule has 0 aliphatic carbocycles. The Morgan fingerprint density at radius 2 is 1.93 bits per heavy atom. The van der Waals surface area contributed by atoms with E-state index in [1.807, 2.05) is 19.1 Å². The molecule has 0 bridgehead atoms. The minimum atomic E-state index is -0.458. The van der Waals surface area contributed by atoms with Crippen LogP contribution in [0, 0.1) is 17.0 Å². The summed E-state index contributed by atoms with van der Waals surface area (Å²) in [5.41, 5.74) is 2.07. The second kappa shape index (κ2) is 8.11. The van der Waals surface area contributed by atoms with Gasteiger partial charge in [-0.25, -0.2) is 9.97 Å². The maximum atomic E-state index is 11.0. The van der Waals surface area contributed by atoms with Gasteiger partial charge < -0.3 is 10.4 Å². The van der Waals surface area contributed by atoms with Crippen molar-refractivity contribution in [3.63, 3.8) is 0 Å². The number of nitrogens with zero attached hydrogens (tertiary/aromatic N) is 3. The number of aliphatic hydroxyl groups is 1. The molecule has 0 aliphatic heterocycles. The number of rotatable bonds is 6. The minimum absolute atomic E-state index is 0.0264. The maximum absolute atomic E-state index is 11.0. The van der Waals surface area contributed by atoms with Crippen LogP contribution in [0.3, 0.4) is 0 Å². The quantitative estimate of drug-likeness (QED) is 0.488. The highest BCUT2D eigenvalue weighted by Crippen LogP contribution is 2.25. The molecule has 0 spiro atoms. The number of aryl methyl sites for hydroxylation is 1. The van der Waals surface area contributed by atoms with Gasteiger partial charge in [0, 0.05) is 34.5 Å². The second-order valence-corrected chi connectivity index (χ2v) is 6.39. The van der Waals surface area contributed by atoms with Crippen LogP contribution in [0.1, 0.15) is 17.3 Å². The Labute approximate surface area is 160 Å². The molecule has 0 radical (unpaired) electrons. The van der Waals surface area contributed by atoms with Crippen molar-refractivity contribution >= 4 is 23.1 Å². The van der Waals surface area contributed by atoms with E-state index in [-0.39, 0.29) is 18.3 Å². The number of hydrogen-bond acceptors (Lipinski definition) is 6. The Bertz CT molecular complexity index is 963. The number of nitro benzene ring substituents is 1. The van der Waals surface area contributed by atoms with Crippen LogP contribution in [0.2, 0.25) is 5.02 Å². The third-order valence-electron chi connectivity index (χ3n) is 3.95. The Morgan fingerprint density at radius 3 is 2.59 bits per heavy atom. The number of anilines is 1. The van der Waals surface area contributed by atoms with Crippen molar-refractivity contribution in [3.05, 3.63) is 81.0 Å². The average Bonchev–Trinajstić information content (AvgIpc) is 2.66. The van der Waals surface area contributed by atoms with Gasteiger partial charge in [0.1, 0.15) is 5.82 Å². The van der Waals surface area contributed by atoms with Gasteiger partial charge in [0.15, 0.2) is 5.82 Å². The zero-order valence-corrected chi connectivity index (χ0v) is 15.2. The molecule has 2 aromatic carbocycles. The van der Waals surface area contributed by atoms with E-state index in [1.165, 1.54) is 12.1 Å². The summed E-state index contributed by atoms with van der Waals surface area (Å²) < 4.78 is 0. The summed E-state index contributed by atoms with van der Waals surface area (Å²) in [5, 5.41) is 24.5. The summed E-state index contributed by atoms with van der Waals surface area (Å²) in [6.45, 7) is 1.67. The number of benzene rings is 2. The van der Waals surface area contributed by atoms with E-state index >= 15 is 0 Å². The monoisotopic (exact) mass is 384 g/mol. The molecule has 27 heavy (non-hydrogen) atoms. The summed E-state index contributed by atoms with van der Waals surface area (Å²) in [7, 11) is 0. The normalized spacial score (nSPS) is 11.8. The van der Waals surface area contributed by atoms with Crippen LogP contribution in [0.25, 0.3) is 11.4 Å². The number of nitro groups is 1. The van der Waals surface area contributed by atoms with Crippen molar-refractivity contribution in [1.29, 1.82) is 0 Å². The lowest BCUT2D eigenvalue weighted by molar-refractivity contribution is -0.384. The van der Waals surface area contributed by atoms with E-state index < -0.39 is 4.92 Å². The topological polar surface area (TPSA) is 101 Å². The number of nitrogens with one attached hydrogen (secondary N) is 1. The lowest BCUT2D eigenvalue weighted by Crippen LogP contribution is -2.16. The van der Waals surface area contributed by atoms with Gasteiger partial charge in [0.25, 0.3) is 5.69 Å². The molecule has 3 rings (SSSR count). The molecule has 1 heterocycles. The first kappa shape index (κ1) is 18.8. The molecule has 3 aromatic rings. The van der Waals surface area contributed by atoms with Crippen molar-refractivity contribution in [2.24, 2.45) is 0 Å². The van der Waals surface area contributed by atoms with Gasteiger partial charge in [-0.1, -0.05) is 35.9 Å². The van der Waals surface area contributed by atoms with Crippen LogP contribution in [-0.2, 0) is 0 Å². The molecular weight excluding hydrogens is 368 g/mol. The molecule has 0 fully saturated rings. The molecule has 1 atom stereocenters. The highest BCUT2D eigenvalue weighted by atomic mass is 35.5. The lowest BCUT2D eigenvalue weighted by Gasteiger charge is -2.18. The summed E-state index contributed by atoms with van der Waals surface area (Å²) in [5.74, 6) is 0.881. The van der Waals surface area contributed by atoms with E-state index in [9.17, 15) is 15.2 Å². The number of aliphatic hydroxyl groups excluding tert-OH is 1. The van der Waals surface area contributed by atoms with Crippen molar-refractivity contribution in [2.45, 2.75) is 13.0 Å². The Kier molecular flexibility index (Phi) is 5.63. The standard InChI is InChI=1S/C19H17ClN4O3/c1-12-9-18(22-17(11-25)13-5-7-15(20)8-6-13)23-19(21-12)14-3-2-4-16(10-14)24(26)27/h2-10,17,25H,11H2,1H3,(H,21,22,23). The first-order valence-electron chi connectivity index (χ1n) is 8.19. The van der Waals surface area contributed by atoms with Gasteiger partial charge >= 0.3 is 0 Å². The largest absolute Gasteiger partial charge is 0.394 e. The molecule has 0 amide bonds. The van der Waals surface area contributed by atoms with Gasteiger partial charge in [-0.2, -0.15) is 0 Å². The Balaban J connectivity index is 1.92. The third-order valence-corrected chi connectivity index (χ3v) is 4.20. The smallest absolute Gasteiger partial charge is 0.270 e. The van der Waals surface area contributed by atoms with Crippen LogP contribution in [0.15, 0.2) is 54.6 Å². The van der Waals surface area contributed by atoms with Crippen molar-refractivity contribution in [3.8, 4) is 11.4 Å². The number of aromatic nitrogens is 2. The van der Waals surface area contributed by atoms with Gasteiger partial charge in [-0.3, -0.25) is 10.1 Å². The summed E-state index contributed by atoms with van der Waals surface area (Å²) in [6.07, 6.45) is 0. The highest BCUT2D eigenvalue weighted by molar-refractivity contribution is 6.30. The van der Waals surface area contributed by atoms with Crippen LogP contribution in [0.4, 0.5) is 11.5 Å². The first-order chi connectivity index (χ1) is 13.0. The Hall–Kier alpha value is -3.03. The van der Waals surface area contributed by atoms with E-state index in [0.29, 0.717) is 27.9 Å². The predicted octanol–water partition coefficient (Wildman–Crippen LogP) is 4.16. The molecule has 2 N–H and O–H groups in total. The fourth-order valence-electron chi connectivity index (χ4n) is 2.64. The van der Waals surface area contributed by atoms with Gasteiger partial charge in [0.05, 0.1) is 17.6 Å². The molecule has 0 saturated carbocycles. The Morgan fingerprint density at radius 1 is 1.19 bits per heavy atom. The molecule has 1 unspecified atom stereocenters. The fraction of sp³-hybridized carbons (Fsp3) is 0.158. The van der Waals surface area contributed by atoms with Gasteiger partial charge in [-0.15, -0.1) is 0 Å². The molecule has 138 valence electrons. The van der Waals surface area contributed by atoms with Crippen LogP contribution >= 0.6 is 11.6 Å². The molecule has 7 nitrogen and oxygen atoms in total. The van der Waals surface area contributed by atoms with Crippen molar-refractivity contribution in [2.75, 3.05) is 11.9 Å². The van der Waals surface area contributed by atoms with E-state index in [4.69, 9.17) is 11.6 Å². The summed E-state index contributed by atoms with van der Waals surface area (Å²) in [4.78, 5) is 19.4. The molecule has 0 saturated heterocycles. The van der Waals surface area contributed by atoms with Crippen LogP contribution in [-0.4, -0.2) is 26.6 Å². The average molecular weight is 385 g/mol. The van der Waals surface area contributed by atoms with Crippen LogP contribution < -0.4 is 5.32 Å². The summed E-state index contributed by atoms with van der Waals surface area (Å²) in [6, 6.07) is 14.7. The third kappa shape index (κ3) is 4.58.